The van der Waals surface area contributed by atoms with Crippen LogP contribution in [0.5, 0.6) is 0 Å². The van der Waals surface area contributed by atoms with Crippen molar-refractivity contribution in [2.75, 3.05) is 11.5 Å². The normalized spacial score (nSPS) is 18.1. The minimum atomic E-state index is -0.384. The Morgan fingerprint density at radius 3 is 2.40 bits per heavy atom. The number of hydrogen-bond acceptors (Lipinski definition) is 3. The fourth-order valence-corrected chi connectivity index (χ4v) is 2.15. The summed E-state index contributed by atoms with van der Waals surface area (Å²) >= 11 is 0. The number of nitrogens with zero attached hydrogens (tertiary/aromatic N) is 1. The molecule has 0 aromatic heterocycles. The van der Waals surface area contributed by atoms with Crippen molar-refractivity contribution in [3.8, 4) is 0 Å². The number of anilines is 1. The summed E-state index contributed by atoms with van der Waals surface area (Å²) in [6.45, 7) is 0.700. The number of rotatable bonds is 4. The number of hydrogen-bond donors (Lipinski definition) is 0. The molecular weight excluding hydrogens is 254 g/mol. The lowest BCUT2D eigenvalue weighted by Gasteiger charge is -2.21. The summed E-state index contributed by atoms with van der Waals surface area (Å²) in [5.41, 5.74) is 1.85. The summed E-state index contributed by atoms with van der Waals surface area (Å²) in [5, 5.41) is 0. The first-order valence-corrected chi connectivity index (χ1v) is 6.51. The minimum Gasteiger partial charge on any atom is -0.444 e. The average Bonchev–Trinajstić information content (AvgIpc) is 2.88. The maximum Gasteiger partial charge on any atom is 0.416 e. The van der Waals surface area contributed by atoms with Crippen molar-refractivity contribution in [3.63, 3.8) is 0 Å². The number of amides is 1. The summed E-state index contributed by atoms with van der Waals surface area (Å²) in [7, 11) is 0. The van der Waals surface area contributed by atoms with Crippen molar-refractivity contribution in [1.29, 1.82) is 0 Å². The molecule has 1 fully saturated rings. The molecule has 4 nitrogen and oxygen atoms in total. The van der Waals surface area contributed by atoms with Crippen LogP contribution in [0.1, 0.15) is 5.56 Å². The highest BCUT2D eigenvalue weighted by Gasteiger charge is 2.34. The fourth-order valence-electron chi connectivity index (χ4n) is 2.15. The van der Waals surface area contributed by atoms with Crippen LogP contribution in [-0.4, -0.2) is 18.9 Å². The first kappa shape index (κ1) is 12.7. The van der Waals surface area contributed by atoms with Crippen molar-refractivity contribution in [3.05, 3.63) is 66.2 Å². The number of benzene rings is 2. The Morgan fingerprint density at radius 1 is 1.05 bits per heavy atom. The molecule has 1 aliphatic rings. The third-order valence-corrected chi connectivity index (χ3v) is 3.15. The standard InChI is InChI=1S/C16H15NO3/c18-16-17(14-9-5-2-6-10-14)15(12-20-16)19-11-13-7-3-1-4-8-13/h1-10,15H,11-12H2. The van der Waals surface area contributed by atoms with E-state index in [0.717, 1.165) is 11.3 Å². The molecule has 2 aromatic rings. The van der Waals surface area contributed by atoms with Gasteiger partial charge in [0.05, 0.1) is 6.61 Å². The molecule has 0 N–H and O–H groups in total. The first-order valence-electron chi connectivity index (χ1n) is 6.51. The molecule has 0 spiro atoms. The lowest BCUT2D eigenvalue weighted by molar-refractivity contribution is 0.0344. The van der Waals surface area contributed by atoms with Gasteiger partial charge < -0.3 is 9.47 Å². The first-order chi connectivity index (χ1) is 9.84. The monoisotopic (exact) mass is 269 g/mol. The number of para-hydroxylation sites is 1. The van der Waals surface area contributed by atoms with Crippen molar-refractivity contribution in [1.82, 2.24) is 0 Å². The minimum absolute atomic E-state index is 0.251. The maximum atomic E-state index is 11.8. The van der Waals surface area contributed by atoms with Crippen LogP contribution < -0.4 is 4.90 Å². The number of carbonyl (C=O) groups is 1. The zero-order valence-corrected chi connectivity index (χ0v) is 10.9. The molecular formula is C16H15NO3. The highest BCUT2D eigenvalue weighted by atomic mass is 16.6. The summed E-state index contributed by atoms with van der Waals surface area (Å²) in [6.07, 6.45) is -0.751. The predicted molar refractivity (Wildman–Crippen MR) is 75.3 cm³/mol. The van der Waals surface area contributed by atoms with Crippen LogP contribution >= 0.6 is 0 Å². The van der Waals surface area contributed by atoms with E-state index in [9.17, 15) is 4.79 Å². The van der Waals surface area contributed by atoms with Gasteiger partial charge in [-0.1, -0.05) is 48.5 Å². The number of ether oxygens (including phenoxy) is 2. The van der Waals surface area contributed by atoms with E-state index in [1.807, 2.05) is 60.7 Å². The van der Waals surface area contributed by atoms with Crippen molar-refractivity contribution >= 4 is 11.8 Å². The van der Waals surface area contributed by atoms with E-state index < -0.39 is 0 Å². The van der Waals surface area contributed by atoms with E-state index in [0.29, 0.717) is 6.61 Å². The molecule has 1 aliphatic heterocycles. The van der Waals surface area contributed by atoms with Crippen LogP contribution in [0.4, 0.5) is 10.5 Å². The van der Waals surface area contributed by atoms with Crippen LogP contribution in [0.2, 0.25) is 0 Å². The van der Waals surface area contributed by atoms with Crippen molar-refractivity contribution in [2.24, 2.45) is 0 Å². The summed E-state index contributed by atoms with van der Waals surface area (Å²) in [5.74, 6) is 0. The summed E-state index contributed by atoms with van der Waals surface area (Å²) in [4.78, 5) is 13.4. The molecule has 0 saturated carbocycles. The lowest BCUT2D eigenvalue weighted by atomic mass is 10.2. The molecule has 1 saturated heterocycles. The quantitative estimate of drug-likeness (QED) is 0.855. The zero-order chi connectivity index (χ0) is 13.8. The Bertz CT molecular complexity index is 571. The second kappa shape index (κ2) is 5.75. The molecule has 102 valence electrons. The van der Waals surface area contributed by atoms with Gasteiger partial charge >= 0.3 is 6.09 Å². The van der Waals surface area contributed by atoms with Crippen LogP contribution in [0.15, 0.2) is 60.7 Å². The highest BCUT2D eigenvalue weighted by molar-refractivity contribution is 5.89. The number of carbonyl (C=O) groups excluding carboxylic acids is 1. The maximum absolute atomic E-state index is 11.8. The van der Waals surface area contributed by atoms with Gasteiger partial charge in [-0.3, -0.25) is 0 Å². The SMILES string of the molecule is O=C1OCC(OCc2ccccc2)N1c1ccccc1. The Hall–Kier alpha value is -2.33. The van der Waals surface area contributed by atoms with E-state index in [-0.39, 0.29) is 18.9 Å². The lowest BCUT2D eigenvalue weighted by Crippen LogP contribution is -2.35. The molecule has 1 amide bonds. The van der Waals surface area contributed by atoms with E-state index in [2.05, 4.69) is 0 Å². The highest BCUT2D eigenvalue weighted by Crippen LogP contribution is 2.23. The van der Waals surface area contributed by atoms with E-state index in [1.54, 1.807) is 4.90 Å². The van der Waals surface area contributed by atoms with Gasteiger partial charge in [-0.2, -0.15) is 0 Å². The van der Waals surface area contributed by atoms with E-state index >= 15 is 0 Å². The van der Waals surface area contributed by atoms with Crippen molar-refractivity contribution in [2.45, 2.75) is 12.8 Å². The second-order valence-electron chi connectivity index (χ2n) is 4.53. The molecule has 2 aromatic carbocycles. The third-order valence-electron chi connectivity index (χ3n) is 3.15. The summed E-state index contributed by atoms with van der Waals surface area (Å²) in [6, 6.07) is 19.3. The molecule has 20 heavy (non-hydrogen) atoms. The molecule has 0 bridgehead atoms. The Kier molecular flexibility index (Phi) is 3.65. The van der Waals surface area contributed by atoms with E-state index in [4.69, 9.17) is 9.47 Å². The summed E-state index contributed by atoms with van der Waals surface area (Å²) < 4.78 is 10.9. The Labute approximate surface area is 117 Å². The van der Waals surface area contributed by atoms with Gasteiger partial charge in [0.2, 0.25) is 0 Å². The van der Waals surface area contributed by atoms with Gasteiger partial charge in [-0.25, -0.2) is 9.69 Å². The predicted octanol–water partition coefficient (Wildman–Crippen LogP) is 3.19. The smallest absolute Gasteiger partial charge is 0.416 e. The largest absolute Gasteiger partial charge is 0.444 e. The van der Waals surface area contributed by atoms with Gasteiger partial charge in [-0.15, -0.1) is 0 Å². The van der Waals surface area contributed by atoms with Gasteiger partial charge in [0, 0.05) is 5.69 Å². The van der Waals surface area contributed by atoms with Crippen molar-refractivity contribution < 1.29 is 14.3 Å². The van der Waals surface area contributed by atoms with Crippen LogP contribution in [0.25, 0.3) is 0 Å². The Morgan fingerprint density at radius 2 is 1.70 bits per heavy atom. The molecule has 4 heteroatoms. The van der Waals surface area contributed by atoms with Crippen LogP contribution in [0, 0.1) is 0 Å². The second-order valence-corrected chi connectivity index (χ2v) is 4.53. The average molecular weight is 269 g/mol. The van der Waals surface area contributed by atoms with Gasteiger partial charge in [0.25, 0.3) is 0 Å². The fraction of sp³-hybridized carbons (Fsp3) is 0.188. The van der Waals surface area contributed by atoms with Gasteiger partial charge in [-0.05, 0) is 17.7 Å². The topological polar surface area (TPSA) is 38.8 Å². The zero-order valence-electron chi connectivity index (χ0n) is 10.9. The molecule has 0 radical (unpaired) electrons. The third kappa shape index (κ3) is 2.65. The van der Waals surface area contributed by atoms with Crippen LogP contribution in [0.3, 0.4) is 0 Å². The Balaban J connectivity index is 1.71. The molecule has 1 atom stereocenters. The van der Waals surface area contributed by atoms with Gasteiger partial charge in [0.1, 0.15) is 6.61 Å². The molecule has 3 rings (SSSR count). The van der Waals surface area contributed by atoms with Crippen LogP contribution in [-0.2, 0) is 16.1 Å². The molecule has 0 aliphatic carbocycles. The molecule has 1 unspecified atom stereocenters. The molecule has 1 heterocycles. The number of cyclic esters (lactones) is 1. The van der Waals surface area contributed by atoms with E-state index in [1.165, 1.54) is 0 Å². The van der Waals surface area contributed by atoms with Gasteiger partial charge in [0.15, 0.2) is 6.23 Å².